The van der Waals surface area contributed by atoms with Gasteiger partial charge in [0, 0.05) is 17.3 Å². The van der Waals surface area contributed by atoms with Crippen LogP contribution in [0.3, 0.4) is 0 Å². The average molecular weight is 341 g/mol. The number of phenolic OH excluding ortho intramolecular Hbond substituents is 1. The number of aryl methyl sites for hydroxylation is 1. The third-order valence-electron chi connectivity index (χ3n) is 3.29. The molecule has 0 saturated carbocycles. The summed E-state index contributed by atoms with van der Waals surface area (Å²) >= 11 is 0. The molecule has 0 aliphatic rings. The summed E-state index contributed by atoms with van der Waals surface area (Å²) in [5, 5.41) is 21.7. The number of aromatic hydroxyl groups is 1. The number of carbonyl (C=O) groups excluding carboxylic acids is 1. The van der Waals surface area contributed by atoms with Gasteiger partial charge < -0.3 is 10.4 Å². The summed E-state index contributed by atoms with van der Waals surface area (Å²) in [5.74, 6) is -0.879. The standard InChI is InChI=1S/C16H15N5O4/c1-10-4-2-3-5-13(10)17-9-15(22)19-18-8-11-6-12(20-24)7-14(21-25)16(11)23/h2-8,17,23H,9H2,1H3,(H,19,22)/b18-8+. The maximum atomic E-state index is 11.8. The Bertz CT molecular complexity index is 835. The van der Waals surface area contributed by atoms with E-state index in [4.69, 9.17) is 0 Å². The zero-order valence-corrected chi connectivity index (χ0v) is 13.3. The molecule has 0 fully saturated rings. The predicted molar refractivity (Wildman–Crippen MR) is 94.4 cm³/mol. The van der Waals surface area contributed by atoms with E-state index in [1.807, 2.05) is 31.2 Å². The minimum atomic E-state index is -0.460. The van der Waals surface area contributed by atoms with Gasteiger partial charge in [0.25, 0.3) is 5.91 Å². The Morgan fingerprint density at radius 3 is 2.64 bits per heavy atom. The van der Waals surface area contributed by atoms with Crippen molar-refractivity contribution in [1.29, 1.82) is 0 Å². The van der Waals surface area contributed by atoms with Crippen molar-refractivity contribution in [1.82, 2.24) is 5.43 Å². The Labute approximate surface area is 142 Å². The summed E-state index contributed by atoms with van der Waals surface area (Å²) in [6.07, 6.45) is 1.09. The van der Waals surface area contributed by atoms with Crippen molar-refractivity contribution in [3.8, 4) is 5.75 Å². The van der Waals surface area contributed by atoms with Crippen LogP contribution in [0.25, 0.3) is 0 Å². The molecule has 0 spiro atoms. The van der Waals surface area contributed by atoms with E-state index >= 15 is 0 Å². The predicted octanol–water partition coefficient (Wildman–Crippen LogP) is 3.06. The molecule has 2 aromatic carbocycles. The van der Waals surface area contributed by atoms with Gasteiger partial charge in [-0.2, -0.15) is 5.10 Å². The third-order valence-corrected chi connectivity index (χ3v) is 3.29. The minimum absolute atomic E-state index is 0.00868. The Balaban J connectivity index is 1.98. The number of nitrogens with one attached hydrogen (secondary N) is 2. The van der Waals surface area contributed by atoms with E-state index in [9.17, 15) is 19.7 Å². The molecule has 0 aliphatic heterocycles. The number of carbonyl (C=O) groups is 1. The fourth-order valence-electron chi connectivity index (χ4n) is 2.01. The maximum Gasteiger partial charge on any atom is 0.259 e. The van der Waals surface area contributed by atoms with E-state index in [1.165, 1.54) is 6.07 Å². The van der Waals surface area contributed by atoms with E-state index in [0.29, 0.717) is 0 Å². The van der Waals surface area contributed by atoms with Crippen molar-refractivity contribution < 1.29 is 9.90 Å². The van der Waals surface area contributed by atoms with Crippen LogP contribution in [0.4, 0.5) is 17.1 Å². The Morgan fingerprint density at radius 2 is 1.96 bits per heavy atom. The molecule has 0 saturated heterocycles. The number of para-hydroxylation sites is 1. The fraction of sp³-hybridized carbons (Fsp3) is 0.125. The SMILES string of the molecule is Cc1ccccc1NCC(=O)N/N=C/c1cc(N=O)cc(N=O)c1O. The van der Waals surface area contributed by atoms with Crippen molar-refractivity contribution in [3.05, 3.63) is 57.3 Å². The molecule has 9 nitrogen and oxygen atoms in total. The second kappa shape index (κ2) is 8.29. The van der Waals surface area contributed by atoms with E-state index in [2.05, 4.69) is 26.2 Å². The summed E-state index contributed by atoms with van der Waals surface area (Å²) in [6, 6.07) is 9.74. The number of hydrazone groups is 1. The van der Waals surface area contributed by atoms with Crippen LogP contribution in [0, 0.1) is 16.7 Å². The first-order valence-electron chi connectivity index (χ1n) is 7.20. The van der Waals surface area contributed by atoms with E-state index in [0.717, 1.165) is 23.5 Å². The van der Waals surface area contributed by atoms with Crippen molar-refractivity contribution in [3.63, 3.8) is 0 Å². The highest BCUT2D eigenvalue weighted by Crippen LogP contribution is 2.33. The number of rotatable bonds is 7. The monoisotopic (exact) mass is 341 g/mol. The Hall–Kier alpha value is -3.62. The number of nitroso groups, excluding NO2 is 2. The number of benzene rings is 2. The van der Waals surface area contributed by atoms with Gasteiger partial charge >= 0.3 is 0 Å². The van der Waals surface area contributed by atoms with Crippen LogP contribution in [0.5, 0.6) is 5.75 Å². The van der Waals surface area contributed by atoms with Gasteiger partial charge in [-0.3, -0.25) is 4.79 Å². The van der Waals surface area contributed by atoms with Crippen molar-refractivity contribution in [2.45, 2.75) is 6.92 Å². The van der Waals surface area contributed by atoms with Crippen LogP contribution in [0.15, 0.2) is 51.9 Å². The maximum absolute atomic E-state index is 11.8. The molecule has 0 atom stereocenters. The minimum Gasteiger partial charge on any atom is -0.505 e. The van der Waals surface area contributed by atoms with Gasteiger partial charge in [0.15, 0.2) is 11.4 Å². The number of phenols is 1. The molecule has 0 radical (unpaired) electrons. The number of nitrogens with zero attached hydrogens (tertiary/aromatic N) is 3. The van der Waals surface area contributed by atoms with Crippen LogP contribution in [-0.2, 0) is 4.79 Å². The van der Waals surface area contributed by atoms with Crippen LogP contribution < -0.4 is 10.7 Å². The molecule has 128 valence electrons. The molecule has 1 amide bonds. The number of hydrogen-bond donors (Lipinski definition) is 3. The normalized spacial score (nSPS) is 10.4. The zero-order valence-electron chi connectivity index (χ0n) is 13.3. The highest BCUT2D eigenvalue weighted by Gasteiger charge is 2.10. The molecule has 0 aromatic heterocycles. The summed E-state index contributed by atoms with van der Waals surface area (Å²) in [5.41, 5.74) is 3.67. The van der Waals surface area contributed by atoms with Gasteiger partial charge in [0.1, 0.15) is 5.69 Å². The molecule has 2 aromatic rings. The topological polar surface area (TPSA) is 133 Å². The fourth-order valence-corrected chi connectivity index (χ4v) is 2.01. The molecule has 0 bridgehead atoms. The molecular weight excluding hydrogens is 326 g/mol. The van der Waals surface area contributed by atoms with Crippen molar-refractivity contribution in [2.75, 3.05) is 11.9 Å². The average Bonchev–Trinajstić information content (AvgIpc) is 2.62. The van der Waals surface area contributed by atoms with Crippen LogP contribution in [0.2, 0.25) is 0 Å². The zero-order chi connectivity index (χ0) is 18.2. The van der Waals surface area contributed by atoms with Crippen LogP contribution in [-0.4, -0.2) is 23.8 Å². The number of anilines is 1. The second-order valence-electron chi connectivity index (χ2n) is 5.05. The first-order valence-corrected chi connectivity index (χ1v) is 7.20. The van der Waals surface area contributed by atoms with Gasteiger partial charge in [0.05, 0.1) is 12.8 Å². The highest BCUT2D eigenvalue weighted by atomic mass is 16.3. The van der Waals surface area contributed by atoms with E-state index in [1.54, 1.807) is 0 Å². The summed E-state index contributed by atoms with van der Waals surface area (Å²) in [4.78, 5) is 32.9. The van der Waals surface area contributed by atoms with Gasteiger partial charge in [-0.1, -0.05) is 18.2 Å². The highest BCUT2D eigenvalue weighted by molar-refractivity contribution is 5.89. The van der Waals surface area contributed by atoms with Gasteiger partial charge in [-0.15, -0.1) is 9.81 Å². The van der Waals surface area contributed by atoms with E-state index in [-0.39, 0.29) is 23.5 Å². The summed E-state index contributed by atoms with van der Waals surface area (Å²) < 4.78 is 0. The molecular formula is C16H15N5O4. The summed E-state index contributed by atoms with van der Waals surface area (Å²) in [7, 11) is 0. The third kappa shape index (κ3) is 4.67. The number of hydrogen-bond acceptors (Lipinski definition) is 8. The molecule has 25 heavy (non-hydrogen) atoms. The lowest BCUT2D eigenvalue weighted by Crippen LogP contribution is -2.26. The number of amides is 1. The molecule has 0 heterocycles. The van der Waals surface area contributed by atoms with Gasteiger partial charge in [-0.25, -0.2) is 5.43 Å². The Morgan fingerprint density at radius 1 is 1.20 bits per heavy atom. The quantitative estimate of drug-likeness (QED) is 0.404. The van der Waals surface area contributed by atoms with Crippen LogP contribution >= 0.6 is 0 Å². The van der Waals surface area contributed by atoms with E-state index < -0.39 is 11.7 Å². The lowest BCUT2D eigenvalue weighted by molar-refractivity contribution is -0.119. The first-order chi connectivity index (χ1) is 12.0. The Kier molecular flexibility index (Phi) is 5.88. The first kappa shape index (κ1) is 17.7. The van der Waals surface area contributed by atoms with Gasteiger partial charge in [0.2, 0.25) is 0 Å². The molecule has 3 N–H and O–H groups in total. The molecule has 9 heteroatoms. The molecule has 0 aliphatic carbocycles. The second-order valence-corrected chi connectivity index (χ2v) is 5.05. The summed E-state index contributed by atoms with van der Waals surface area (Å²) in [6.45, 7) is 1.90. The van der Waals surface area contributed by atoms with Crippen LogP contribution in [0.1, 0.15) is 11.1 Å². The van der Waals surface area contributed by atoms with Crippen molar-refractivity contribution in [2.24, 2.45) is 15.5 Å². The smallest absolute Gasteiger partial charge is 0.259 e. The van der Waals surface area contributed by atoms with Crippen molar-refractivity contribution >= 4 is 29.2 Å². The largest absolute Gasteiger partial charge is 0.505 e. The molecule has 2 rings (SSSR count). The lowest BCUT2D eigenvalue weighted by Gasteiger charge is -2.08. The molecule has 0 unspecified atom stereocenters. The lowest BCUT2D eigenvalue weighted by atomic mass is 10.1. The van der Waals surface area contributed by atoms with Gasteiger partial charge in [-0.05, 0) is 35.0 Å².